The molecular weight excluding hydrogens is 198 g/mol. The zero-order valence-electron chi connectivity index (χ0n) is 11.6. The Morgan fingerprint density at radius 3 is 1.62 bits per heavy atom. The van der Waals surface area contributed by atoms with E-state index in [4.69, 9.17) is 0 Å². The third-order valence-corrected chi connectivity index (χ3v) is 3.68. The average molecular weight is 225 g/mol. The summed E-state index contributed by atoms with van der Waals surface area (Å²) in [7, 11) is 0. The van der Waals surface area contributed by atoms with Crippen molar-refractivity contribution >= 4 is 0 Å². The Hall–Kier alpha value is -0.120. The van der Waals surface area contributed by atoms with Crippen LogP contribution in [0, 0.1) is 0 Å². The SMILES string of the molecule is CC1(C)CC2(CNC(C)(C)N2)CC(C)(C)N1. The second-order valence-corrected chi connectivity index (χ2v) is 7.63. The molecule has 0 unspecified atom stereocenters. The molecule has 1 spiro atoms. The van der Waals surface area contributed by atoms with Crippen LogP contribution in [0.3, 0.4) is 0 Å². The lowest BCUT2D eigenvalue weighted by Gasteiger charge is -2.52. The molecule has 2 fully saturated rings. The van der Waals surface area contributed by atoms with Gasteiger partial charge in [0.2, 0.25) is 0 Å². The summed E-state index contributed by atoms with van der Waals surface area (Å²) in [6.45, 7) is 14.8. The van der Waals surface area contributed by atoms with E-state index in [0.29, 0.717) is 0 Å². The summed E-state index contributed by atoms with van der Waals surface area (Å²) in [5.41, 5.74) is 0.735. The van der Waals surface area contributed by atoms with Gasteiger partial charge in [-0.2, -0.15) is 0 Å². The fourth-order valence-electron chi connectivity index (χ4n) is 4.11. The van der Waals surface area contributed by atoms with Crippen LogP contribution in [0.5, 0.6) is 0 Å². The molecule has 2 rings (SSSR count). The van der Waals surface area contributed by atoms with Gasteiger partial charge in [-0.3, -0.25) is 10.6 Å². The predicted octanol–water partition coefficient (Wildman–Crippen LogP) is 1.59. The largest absolute Gasteiger partial charge is 0.307 e. The van der Waals surface area contributed by atoms with E-state index in [1.54, 1.807) is 0 Å². The third kappa shape index (κ3) is 2.41. The summed E-state index contributed by atoms with van der Waals surface area (Å²) in [5.74, 6) is 0. The maximum atomic E-state index is 3.81. The first-order valence-electron chi connectivity index (χ1n) is 6.37. The van der Waals surface area contributed by atoms with Gasteiger partial charge in [0.1, 0.15) is 0 Å². The molecule has 0 aromatic carbocycles. The standard InChI is InChI=1S/C13H27N3/c1-10(2)7-13(8-11(3,4)15-10)9-14-12(5,6)16-13/h14-16H,7-9H2,1-6H3. The Bertz CT molecular complexity index is 276. The zero-order chi connectivity index (χ0) is 12.2. The topological polar surface area (TPSA) is 36.1 Å². The van der Waals surface area contributed by atoms with E-state index in [1.165, 1.54) is 12.8 Å². The van der Waals surface area contributed by atoms with Crippen LogP contribution >= 0.6 is 0 Å². The van der Waals surface area contributed by atoms with Crippen LogP contribution in [0.4, 0.5) is 0 Å². The molecule has 2 saturated heterocycles. The van der Waals surface area contributed by atoms with Crippen LogP contribution in [0.25, 0.3) is 0 Å². The molecule has 0 aromatic rings. The lowest BCUT2D eigenvalue weighted by molar-refractivity contribution is 0.0919. The van der Waals surface area contributed by atoms with Gasteiger partial charge in [0.25, 0.3) is 0 Å². The molecule has 3 heteroatoms. The molecule has 94 valence electrons. The van der Waals surface area contributed by atoms with Gasteiger partial charge in [-0.25, -0.2) is 0 Å². The van der Waals surface area contributed by atoms with Crippen LogP contribution in [0.15, 0.2) is 0 Å². The van der Waals surface area contributed by atoms with Gasteiger partial charge in [0.15, 0.2) is 0 Å². The number of hydrogen-bond donors (Lipinski definition) is 3. The highest BCUT2D eigenvalue weighted by Gasteiger charge is 2.51. The van der Waals surface area contributed by atoms with Crippen molar-refractivity contribution in [3.05, 3.63) is 0 Å². The first kappa shape index (κ1) is 12.3. The Morgan fingerprint density at radius 2 is 1.25 bits per heavy atom. The number of rotatable bonds is 0. The highest BCUT2D eigenvalue weighted by atomic mass is 15.3. The maximum Gasteiger partial charge on any atom is 0.0634 e. The summed E-state index contributed by atoms with van der Waals surface area (Å²) < 4.78 is 0. The molecule has 0 amide bonds. The van der Waals surface area contributed by atoms with E-state index in [2.05, 4.69) is 57.5 Å². The molecule has 0 radical (unpaired) electrons. The molecule has 0 atom stereocenters. The molecule has 3 nitrogen and oxygen atoms in total. The molecular formula is C13H27N3. The van der Waals surface area contributed by atoms with Crippen molar-refractivity contribution in [2.24, 2.45) is 0 Å². The van der Waals surface area contributed by atoms with Crippen molar-refractivity contribution in [3.63, 3.8) is 0 Å². The Kier molecular flexibility index (Phi) is 2.48. The van der Waals surface area contributed by atoms with Gasteiger partial charge in [-0.05, 0) is 54.4 Å². The van der Waals surface area contributed by atoms with Gasteiger partial charge in [0.05, 0.1) is 5.66 Å². The molecule has 0 aromatic heterocycles. The molecule has 3 N–H and O–H groups in total. The second kappa shape index (κ2) is 3.21. The molecule has 0 aliphatic carbocycles. The number of nitrogens with one attached hydrogen (secondary N) is 3. The van der Waals surface area contributed by atoms with E-state index in [1.807, 2.05) is 0 Å². The van der Waals surface area contributed by atoms with Crippen LogP contribution < -0.4 is 16.0 Å². The first-order chi connectivity index (χ1) is 7.04. The highest BCUT2D eigenvalue weighted by Crippen LogP contribution is 2.38. The minimum absolute atomic E-state index is 0.0729. The Labute approximate surface area is 99.8 Å². The fraction of sp³-hybridized carbons (Fsp3) is 1.00. The predicted molar refractivity (Wildman–Crippen MR) is 68.5 cm³/mol. The highest BCUT2D eigenvalue weighted by molar-refractivity contribution is 5.13. The first-order valence-corrected chi connectivity index (χ1v) is 6.37. The minimum atomic E-state index is 0.0729. The van der Waals surface area contributed by atoms with E-state index in [-0.39, 0.29) is 22.3 Å². The van der Waals surface area contributed by atoms with Gasteiger partial charge in [-0.15, -0.1) is 0 Å². The van der Waals surface area contributed by atoms with Crippen LogP contribution in [-0.2, 0) is 0 Å². The van der Waals surface area contributed by atoms with Gasteiger partial charge >= 0.3 is 0 Å². The van der Waals surface area contributed by atoms with Gasteiger partial charge < -0.3 is 5.32 Å². The van der Waals surface area contributed by atoms with Crippen molar-refractivity contribution in [1.29, 1.82) is 0 Å². The zero-order valence-corrected chi connectivity index (χ0v) is 11.6. The van der Waals surface area contributed by atoms with E-state index in [9.17, 15) is 0 Å². The molecule has 2 aliphatic heterocycles. The van der Waals surface area contributed by atoms with Gasteiger partial charge in [0, 0.05) is 23.2 Å². The van der Waals surface area contributed by atoms with Crippen LogP contribution in [-0.4, -0.2) is 28.8 Å². The van der Waals surface area contributed by atoms with Gasteiger partial charge in [-0.1, -0.05) is 0 Å². The molecule has 2 aliphatic rings. The maximum absolute atomic E-state index is 3.81. The van der Waals surface area contributed by atoms with Crippen molar-refractivity contribution in [3.8, 4) is 0 Å². The van der Waals surface area contributed by atoms with E-state index >= 15 is 0 Å². The van der Waals surface area contributed by atoms with Crippen molar-refractivity contribution in [1.82, 2.24) is 16.0 Å². The number of hydrogen-bond acceptors (Lipinski definition) is 3. The third-order valence-electron chi connectivity index (χ3n) is 3.68. The smallest absolute Gasteiger partial charge is 0.0634 e. The molecule has 0 bridgehead atoms. The quantitative estimate of drug-likeness (QED) is 0.586. The average Bonchev–Trinajstić information content (AvgIpc) is 2.17. The summed E-state index contributed by atoms with van der Waals surface area (Å²) in [6, 6.07) is 0. The Balaban J connectivity index is 2.23. The second-order valence-electron chi connectivity index (χ2n) is 7.63. The molecule has 16 heavy (non-hydrogen) atoms. The van der Waals surface area contributed by atoms with Crippen molar-refractivity contribution in [2.45, 2.75) is 76.7 Å². The molecule has 0 saturated carbocycles. The minimum Gasteiger partial charge on any atom is -0.307 e. The van der Waals surface area contributed by atoms with Crippen LogP contribution in [0.2, 0.25) is 0 Å². The summed E-state index contributed by atoms with van der Waals surface area (Å²) in [5, 5.41) is 11.1. The summed E-state index contributed by atoms with van der Waals surface area (Å²) in [6.07, 6.45) is 2.36. The summed E-state index contributed by atoms with van der Waals surface area (Å²) >= 11 is 0. The van der Waals surface area contributed by atoms with E-state index in [0.717, 1.165) is 6.54 Å². The Morgan fingerprint density at radius 1 is 0.750 bits per heavy atom. The van der Waals surface area contributed by atoms with E-state index < -0.39 is 0 Å². The number of piperidine rings is 1. The van der Waals surface area contributed by atoms with Crippen molar-refractivity contribution in [2.75, 3.05) is 6.54 Å². The lowest BCUT2D eigenvalue weighted by atomic mass is 9.71. The van der Waals surface area contributed by atoms with Crippen molar-refractivity contribution < 1.29 is 0 Å². The van der Waals surface area contributed by atoms with Crippen LogP contribution in [0.1, 0.15) is 54.4 Å². The fourth-order valence-corrected chi connectivity index (χ4v) is 4.11. The lowest BCUT2D eigenvalue weighted by Crippen LogP contribution is -2.67. The normalized spacial score (nSPS) is 34.1. The summed E-state index contributed by atoms with van der Waals surface area (Å²) in [4.78, 5) is 0. The monoisotopic (exact) mass is 225 g/mol. The molecule has 2 heterocycles.